The Labute approximate surface area is 159 Å². The Kier molecular flexibility index (Phi) is 8.92. The van der Waals surface area contributed by atoms with Gasteiger partial charge in [0.25, 0.3) is 0 Å². The summed E-state index contributed by atoms with van der Waals surface area (Å²) in [5, 5.41) is 3.38. The van der Waals surface area contributed by atoms with Crippen LogP contribution in [0.25, 0.3) is 0 Å². The van der Waals surface area contributed by atoms with Gasteiger partial charge in [0.15, 0.2) is 5.96 Å². The summed E-state index contributed by atoms with van der Waals surface area (Å²) in [6.07, 6.45) is 2.68. The quantitative estimate of drug-likeness (QED) is 0.374. The zero-order valence-corrected chi connectivity index (χ0v) is 17.0. The number of guanidine groups is 1. The molecule has 1 N–H and O–H groups in total. The van der Waals surface area contributed by atoms with Crippen LogP contribution in [0.1, 0.15) is 37.8 Å². The van der Waals surface area contributed by atoms with E-state index in [2.05, 4.69) is 67.3 Å². The zero-order valence-electron chi connectivity index (χ0n) is 17.0. The third-order valence-electron chi connectivity index (χ3n) is 4.71. The van der Waals surface area contributed by atoms with Gasteiger partial charge in [-0.15, -0.1) is 0 Å². The van der Waals surface area contributed by atoms with Crippen molar-refractivity contribution in [2.24, 2.45) is 10.9 Å². The normalized spacial score (nSPS) is 14.7. The second kappa shape index (κ2) is 11.2. The number of aliphatic imine (C=N–C) groups is 1. The second-order valence-electron chi connectivity index (χ2n) is 7.26. The van der Waals surface area contributed by atoms with Gasteiger partial charge in [-0.3, -0.25) is 0 Å². The summed E-state index contributed by atoms with van der Waals surface area (Å²) >= 11 is 0. The average Bonchev–Trinajstić information content (AvgIpc) is 3.46. The van der Waals surface area contributed by atoms with Gasteiger partial charge in [-0.1, -0.05) is 31.2 Å². The molecule has 1 aliphatic carbocycles. The molecular formula is C21H36N4O. The Morgan fingerprint density at radius 1 is 1.23 bits per heavy atom. The monoisotopic (exact) mass is 360 g/mol. The molecule has 1 aromatic rings. The van der Waals surface area contributed by atoms with Crippen molar-refractivity contribution < 1.29 is 4.74 Å². The summed E-state index contributed by atoms with van der Waals surface area (Å²) in [6.45, 7) is 10.4. The first-order valence-corrected chi connectivity index (χ1v) is 9.95. The molecular weight excluding hydrogens is 324 g/mol. The third-order valence-corrected chi connectivity index (χ3v) is 4.71. The fourth-order valence-electron chi connectivity index (χ4n) is 2.73. The summed E-state index contributed by atoms with van der Waals surface area (Å²) < 4.78 is 5.75. The highest BCUT2D eigenvalue weighted by Crippen LogP contribution is 2.28. The highest BCUT2D eigenvalue weighted by molar-refractivity contribution is 5.79. The summed E-state index contributed by atoms with van der Waals surface area (Å²) in [4.78, 5) is 9.28. The number of hydrogen-bond donors (Lipinski definition) is 1. The van der Waals surface area contributed by atoms with E-state index >= 15 is 0 Å². The molecule has 0 aromatic heterocycles. The van der Waals surface area contributed by atoms with E-state index in [0.29, 0.717) is 6.54 Å². The number of benzene rings is 1. The smallest absolute Gasteiger partial charge is 0.194 e. The van der Waals surface area contributed by atoms with E-state index in [0.717, 1.165) is 51.3 Å². The van der Waals surface area contributed by atoms with Crippen LogP contribution in [0.5, 0.6) is 0 Å². The van der Waals surface area contributed by atoms with Crippen LogP contribution in [0.4, 0.5) is 0 Å². The largest absolute Gasteiger partial charge is 0.379 e. The topological polar surface area (TPSA) is 40.1 Å². The van der Waals surface area contributed by atoms with Crippen LogP contribution in [0, 0.1) is 5.92 Å². The number of nitrogens with zero attached hydrogens (tertiary/aromatic N) is 3. The number of ether oxygens (including phenoxy) is 1. The van der Waals surface area contributed by atoms with Gasteiger partial charge in [-0.05, 0) is 50.4 Å². The maximum Gasteiger partial charge on any atom is 0.194 e. The van der Waals surface area contributed by atoms with Gasteiger partial charge in [-0.25, -0.2) is 4.99 Å². The van der Waals surface area contributed by atoms with Gasteiger partial charge < -0.3 is 19.9 Å². The summed E-state index contributed by atoms with van der Waals surface area (Å²) in [7, 11) is 4.23. The van der Waals surface area contributed by atoms with E-state index in [-0.39, 0.29) is 0 Å². The Bertz CT molecular complexity index is 557. The van der Waals surface area contributed by atoms with Gasteiger partial charge in [0, 0.05) is 33.3 Å². The van der Waals surface area contributed by atoms with E-state index in [4.69, 9.17) is 9.73 Å². The fraction of sp³-hybridized carbons (Fsp3) is 0.667. The molecule has 26 heavy (non-hydrogen) atoms. The van der Waals surface area contributed by atoms with Crippen molar-refractivity contribution in [2.45, 2.75) is 39.8 Å². The second-order valence-corrected chi connectivity index (χ2v) is 7.26. The zero-order chi connectivity index (χ0) is 18.8. The van der Waals surface area contributed by atoms with Crippen LogP contribution in [0.15, 0.2) is 29.3 Å². The Morgan fingerprint density at radius 3 is 2.69 bits per heavy atom. The van der Waals surface area contributed by atoms with Crippen LogP contribution in [-0.4, -0.2) is 62.7 Å². The molecule has 0 amide bonds. The number of hydrogen-bond acceptors (Lipinski definition) is 3. The van der Waals surface area contributed by atoms with Gasteiger partial charge in [-0.2, -0.15) is 0 Å². The van der Waals surface area contributed by atoms with Crippen LogP contribution >= 0.6 is 0 Å². The van der Waals surface area contributed by atoms with Crippen molar-refractivity contribution in [2.75, 3.05) is 46.9 Å². The summed E-state index contributed by atoms with van der Waals surface area (Å²) in [6, 6.07) is 8.74. The first-order valence-electron chi connectivity index (χ1n) is 9.95. The Balaban J connectivity index is 1.86. The maximum atomic E-state index is 5.75. The molecule has 1 fully saturated rings. The molecule has 1 aromatic carbocycles. The highest BCUT2D eigenvalue weighted by Gasteiger charge is 2.21. The van der Waals surface area contributed by atoms with Crippen LogP contribution in [0.2, 0.25) is 0 Å². The molecule has 0 heterocycles. The number of rotatable bonds is 11. The minimum absolute atomic E-state index is 0.694. The molecule has 5 heteroatoms. The van der Waals surface area contributed by atoms with Crippen LogP contribution in [-0.2, 0) is 17.8 Å². The summed E-state index contributed by atoms with van der Waals surface area (Å²) in [5.41, 5.74) is 2.59. The van der Waals surface area contributed by atoms with Gasteiger partial charge >= 0.3 is 0 Å². The van der Waals surface area contributed by atoms with E-state index < -0.39 is 0 Å². The first-order chi connectivity index (χ1) is 12.6. The number of likely N-dealkylation sites (N-methyl/N-ethyl adjacent to an activating group) is 1. The fourth-order valence-corrected chi connectivity index (χ4v) is 2.73. The minimum atomic E-state index is 0.694. The van der Waals surface area contributed by atoms with Crippen molar-refractivity contribution >= 4 is 5.96 Å². The van der Waals surface area contributed by atoms with Gasteiger partial charge in [0.2, 0.25) is 0 Å². The third kappa shape index (κ3) is 7.75. The SMILES string of the molecule is CCNC(=NCc1cccc(CN(C)CC)c1)N(C)CCOCC1CC1. The first kappa shape index (κ1) is 20.7. The number of nitrogens with one attached hydrogen (secondary N) is 1. The standard InChI is InChI=1S/C21H36N4O/c1-5-22-21(25(4)12-13-26-17-18-10-11-18)23-15-19-8-7-9-20(14-19)16-24(3)6-2/h7-9,14,18H,5-6,10-13,15-17H2,1-4H3,(H,22,23). The molecule has 0 saturated heterocycles. The predicted molar refractivity (Wildman–Crippen MR) is 109 cm³/mol. The van der Waals surface area contributed by atoms with Crippen molar-refractivity contribution in [3.63, 3.8) is 0 Å². The summed E-state index contributed by atoms with van der Waals surface area (Å²) in [5.74, 6) is 1.76. The lowest BCUT2D eigenvalue weighted by Crippen LogP contribution is -2.40. The molecule has 0 unspecified atom stereocenters. The molecule has 0 aliphatic heterocycles. The van der Waals surface area contributed by atoms with Gasteiger partial charge in [0.1, 0.15) is 0 Å². The molecule has 0 atom stereocenters. The Morgan fingerprint density at radius 2 is 2.00 bits per heavy atom. The van der Waals surface area contributed by atoms with Crippen molar-refractivity contribution in [1.82, 2.24) is 15.1 Å². The van der Waals surface area contributed by atoms with Crippen molar-refractivity contribution in [3.05, 3.63) is 35.4 Å². The molecule has 0 spiro atoms. The molecule has 146 valence electrons. The van der Waals surface area contributed by atoms with Crippen LogP contribution < -0.4 is 5.32 Å². The minimum Gasteiger partial charge on any atom is -0.379 e. The van der Waals surface area contributed by atoms with Crippen molar-refractivity contribution in [1.29, 1.82) is 0 Å². The predicted octanol–water partition coefficient (Wildman–Crippen LogP) is 2.96. The molecule has 0 radical (unpaired) electrons. The molecule has 1 aliphatic rings. The van der Waals surface area contributed by atoms with E-state index in [1.54, 1.807) is 0 Å². The lowest BCUT2D eigenvalue weighted by atomic mass is 10.1. The maximum absolute atomic E-state index is 5.75. The van der Waals surface area contributed by atoms with E-state index in [1.165, 1.54) is 24.0 Å². The van der Waals surface area contributed by atoms with E-state index in [9.17, 15) is 0 Å². The van der Waals surface area contributed by atoms with E-state index in [1.807, 2.05) is 0 Å². The van der Waals surface area contributed by atoms with Crippen molar-refractivity contribution in [3.8, 4) is 0 Å². The lowest BCUT2D eigenvalue weighted by molar-refractivity contribution is 0.115. The molecule has 5 nitrogen and oxygen atoms in total. The lowest BCUT2D eigenvalue weighted by Gasteiger charge is -2.22. The van der Waals surface area contributed by atoms with Crippen LogP contribution in [0.3, 0.4) is 0 Å². The molecule has 1 saturated carbocycles. The van der Waals surface area contributed by atoms with Gasteiger partial charge in [0.05, 0.1) is 13.2 Å². The molecule has 0 bridgehead atoms. The Hall–Kier alpha value is -1.59. The average molecular weight is 361 g/mol. The highest BCUT2D eigenvalue weighted by atomic mass is 16.5. The molecule has 2 rings (SSSR count).